The summed E-state index contributed by atoms with van der Waals surface area (Å²) in [7, 11) is 0. The van der Waals surface area contributed by atoms with Crippen LogP contribution in [0.15, 0.2) is 0 Å². The highest BCUT2D eigenvalue weighted by Gasteiger charge is 1.19. The minimum absolute atomic E-state index is 0.0231. The summed E-state index contributed by atoms with van der Waals surface area (Å²) in [5.74, 6) is 0. The molecule has 0 bridgehead atoms. The van der Waals surface area contributed by atoms with E-state index in [1.807, 2.05) is 0 Å². The topological polar surface area (TPSA) is 40.9 Å². The van der Waals surface area contributed by atoms with Crippen LogP contribution < -0.4 is 0 Å². The third-order valence-corrected chi connectivity index (χ3v) is 0.125. The lowest BCUT2D eigenvalue weighted by molar-refractivity contribution is 0.701. The Morgan fingerprint density at radius 1 is 2.00 bits per heavy atom. The molecule has 0 spiro atoms. The van der Waals surface area contributed by atoms with E-state index < -0.39 is 0 Å². The minimum Gasteiger partial charge on any atom is -0.247 e. The van der Waals surface area contributed by atoms with Crippen molar-refractivity contribution in [3.05, 3.63) is 0 Å². The highest BCUT2D eigenvalue weighted by molar-refractivity contribution is 7.63. The van der Waals surface area contributed by atoms with E-state index in [4.69, 9.17) is 9.62 Å². The minimum atomic E-state index is 0.0231. The largest absolute Gasteiger partial charge is 0.247 e. The van der Waals surface area contributed by atoms with Crippen LogP contribution in [-0.2, 0) is 11.3 Å². The van der Waals surface area contributed by atoms with Crippen LogP contribution in [0.4, 0.5) is 0 Å². The normalized spacial score (nSPS) is 4.00. The van der Waals surface area contributed by atoms with Crippen LogP contribution in [0.2, 0.25) is 0 Å². The van der Waals surface area contributed by atoms with Crippen molar-refractivity contribution in [2.75, 3.05) is 0 Å². The first-order chi connectivity index (χ1) is 1.91. The average molecular weight is 75.1 g/mol. The molecule has 0 amide bonds. The van der Waals surface area contributed by atoms with Gasteiger partial charge in [-0.15, -0.1) is 0 Å². The van der Waals surface area contributed by atoms with Gasteiger partial charge in [0.25, 0.3) is 0 Å². The number of rotatable bonds is 0. The first kappa shape index (κ1) is 3.60. The van der Waals surface area contributed by atoms with Gasteiger partial charge in [0.1, 0.15) is 0 Å². The van der Waals surface area contributed by atoms with Crippen molar-refractivity contribution in [2.24, 2.45) is 0 Å². The SMILES string of the molecule is N=C=S=O. The second kappa shape index (κ2) is 2.60. The Balaban J connectivity index is 3.95. The van der Waals surface area contributed by atoms with Crippen molar-refractivity contribution in [2.45, 2.75) is 0 Å². The second-order valence-corrected chi connectivity index (χ2v) is 0.556. The van der Waals surface area contributed by atoms with Gasteiger partial charge < -0.3 is 0 Å². The molecule has 0 saturated carbocycles. The molecule has 0 rings (SSSR count). The lowest BCUT2D eigenvalue weighted by atomic mass is 11.8. The molecule has 0 aromatic heterocycles. The molecule has 0 heterocycles. The maximum absolute atomic E-state index is 8.92. The molecule has 0 aliphatic rings. The van der Waals surface area contributed by atoms with Gasteiger partial charge in [-0.3, -0.25) is 0 Å². The standard InChI is InChI=1S/CHNOS/c2-1-4-3/h2H. The van der Waals surface area contributed by atoms with E-state index in [9.17, 15) is 0 Å². The lowest BCUT2D eigenvalue weighted by Gasteiger charge is -1.13. The molecule has 2 nitrogen and oxygen atoms in total. The molecule has 22 valence electrons. The van der Waals surface area contributed by atoms with Crippen molar-refractivity contribution < 1.29 is 4.21 Å². The molecule has 1 N–H and O–H groups in total. The fourth-order valence-electron chi connectivity index (χ4n) is 0. The number of isothiocyanates is 1. The predicted octanol–water partition coefficient (Wildman–Crippen LogP) is -0.317. The molecular weight excluding hydrogens is 74.1 g/mol. The van der Waals surface area contributed by atoms with Crippen molar-refractivity contribution in [3.63, 3.8) is 0 Å². The van der Waals surface area contributed by atoms with Gasteiger partial charge >= 0.3 is 0 Å². The van der Waals surface area contributed by atoms with Crippen LogP contribution >= 0.6 is 0 Å². The van der Waals surface area contributed by atoms with E-state index in [-0.39, 0.29) is 11.3 Å². The van der Waals surface area contributed by atoms with E-state index >= 15 is 0 Å². The van der Waals surface area contributed by atoms with Gasteiger partial charge in [0.2, 0.25) is 0 Å². The van der Waals surface area contributed by atoms with Gasteiger partial charge in [-0.2, -0.15) is 0 Å². The maximum atomic E-state index is 8.92. The van der Waals surface area contributed by atoms with Gasteiger partial charge in [-0.05, 0) is 0 Å². The highest BCUT2D eigenvalue weighted by atomic mass is 32.1. The monoisotopic (exact) mass is 75.0 g/mol. The Labute approximate surface area is 27.0 Å². The van der Waals surface area contributed by atoms with Crippen LogP contribution in [0.5, 0.6) is 0 Å². The zero-order chi connectivity index (χ0) is 3.41. The summed E-state index contributed by atoms with van der Waals surface area (Å²) in [6, 6.07) is 0. The Bertz CT molecular complexity index is 58.1. The molecule has 0 atom stereocenters. The van der Waals surface area contributed by atoms with E-state index in [2.05, 4.69) is 0 Å². The van der Waals surface area contributed by atoms with E-state index in [0.29, 0.717) is 0 Å². The average Bonchev–Trinajstić information content (AvgIpc) is 1.37. The fourth-order valence-corrected chi connectivity index (χ4v) is 0. The Kier molecular flexibility index (Phi) is 2.34. The molecule has 0 saturated heterocycles. The quantitative estimate of drug-likeness (QED) is 0.311. The summed E-state index contributed by atoms with van der Waals surface area (Å²) < 4.78 is 8.92. The Morgan fingerprint density at radius 2 is 2.25 bits per heavy atom. The van der Waals surface area contributed by atoms with Gasteiger partial charge in [-0.1, -0.05) is 0 Å². The number of hydrogen-bond acceptors (Lipinski definition) is 2. The number of nitrogens with one attached hydrogen (secondary N) is 1. The maximum Gasteiger partial charge on any atom is 0.162 e. The summed E-state index contributed by atoms with van der Waals surface area (Å²) in [6.45, 7) is 0. The smallest absolute Gasteiger partial charge is 0.162 e. The van der Waals surface area contributed by atoms with Crippen molar-refractivity contribution in [1.82, 2.24) is 0 Å². The van der Waals surface area contributed by atoms with Gasteiger partial charge in [0.15, 0.2) is 11.3 Å². The van der Waals surface area contributed by atoms with Crippen LogP contribution in [0.25, 0.3) is 0 Å². The third kappa shape index (κ3) is 1.60. The molecule has 0 aromatic rings. The first-order valence-corrected chi connectivity index (χ1v) is 1.36. The van der Waals surface area contributed by atoms with Crippen LogP contribution in [0.1, 0.15) is 0 Å². The number of hydrogen-bond donors (Lipinski definition) is 1. The molecule has 0 aliphatic heterocycles. The van der Waals surface area contributed by atoms with Crippen LogP contribution in [-0.4, -0.2) is 9.37 Å². The third-order valence-electron chi connectivity index (χ3n) is 0.0417. The summed E-state index contributed by atoms with van der Waals surface area (Å²) >= 11 is 0.0231. The summed E-state index contributed by atoms with van der Waals surface area (Å²) in [5.41, 5.74) is 0. The summed E-state index contributed by atoms with van der Waals surface area (Å²) in [4.78, 5) is 0. The van der Waals surface area contributed by atoms with Gasteiger partial charge in [0, 0.05) is 0 Å². The van der Waals surface area contributed by atoms with Crippen molar-refractivity contribution in [1.29, 1.82) is 5.41 Å². The first-order valence-electron chi connectivity index (χ1n) is 0.621. The second-order valence-electron chi connectivity index (χ2n) is 0.185. The Hall–Kier alpha value is -0.400. The van der Waals surface area contributed by atoms with E-state index in [1.165, 1.54) is 0 Å². The zero-order valence-electron chi connectivity index (χ0n) is 1.82. The van der Waals surface area contributed by atoms with Crippen LogP contribution in [0, 0.1) is 5.41 Å². The molecule has 4 heavy (non-hydrogen) atoms. The summed E-state index contributed by atoms with van der Waals surface area (Å²) in [5, 5.41) is 7.39. The predicted molar refractivity (Wildman–Crippen MR) is 15.9 cm³/mol. The lowest BCUT2D eigenvalue weighted by Crippen LogP contribution is -1.29. The van der Waals surface area contributed by atoms with Gasteiger partial charge in [0.05, 0.1) is 5.16 Å². The molecule has 0 aromatic carbocycles. The molecule has 0 aliphatic carbocycles. The van der Waals surface area contributed by atoms with Crippen molar-refractivity contribution >= 4 is 16.4 Å². The molecule has 0 unspecified atom stereocenters. The highest BCUT2D eigenvalue weighted by Crippen LogP contribution is 1.02. The molecular formula is CHNOS. The molecule has 3 heteroatoms. The van der Waals surface area contributed by atoms with E-state index in [1.54, 1.807) is 5.16 Å². The van der Waals surface area contributed by atoms with Crippen molar-refractivity contribution in [3.8, 4) is 0 Å². The summed E-state index contributed by atoms with van der Waals surface area (Å²) in [6.07, 6.45) is 0. The zero-order valence-corrected chi connectivity index (χ0v) is 2.63. The van der Waals surface area contributed by atoms with Crippen LogP contribution in [0.3, 0.4) is 0 Å². The van der Waals surface area contributed by atoms with Gasteiger partial charge in [-0.25, -0.2) is 9.62 Å². The molecule has 0 fully saturated rings. The fraction of sp³-hybridized carbons (Fsp3) is 0. The van der Waals surface area contributed by atoms with E-state index in [0.717, 1.165) is 0 Å². The molecule has 0 radical (unpaired) electrons. The Morgan fingerprint density at radius 3 is 2.25 bits per heavy atom.